The number of nitrogens with one attached hydrogen (secondary N) is 2. The van der Waals surface area contributed by atoms with Gasteiger partial charge in [0.25, 0.3) is 0 Å². The Morgan fingerprint density at radius 2 is 2.33 bits per heavy atom. The standard InChI is InChI=1S/C9H16N4O4S/c1-7(9-10-6-11-12-9)13-18(15,16)5-3-4-8(14)17-2/h6-7,13H,3-5H2,1-2H3,(H,10,11,12). The molecule has 2 N–H and O–H groups in total. The molecule has 1 unspecified atom stereocenters. The normalized spacial score (nSPS) is 13.2. The number of nitrogens with zero attached hydrogens (tertiary/aromatic N) is 2. The fourth-order valence-electron chi connectivity index (χ4n) is 1.32. The number of rotatable bonds is 7. The molecule has 0 fully saturated rings. The Morgan fingerprint density at radius 1 is 1.61 bits per heavy atom. The van der Waals surface area contributed by atoms with Crippen LogP contribution in [0.3, 0.4) is 0 Å². The predicted molar refractivity (Wildman–Crippen MR) is 63.0 cm³/mol. The van der Waals surface area contributed by atoms with E-state index in [1.807, 2.05) is 0 Å². The van der Waals surface area contributed by atoms with E-state index in [1.165, 1.54) is 13.4 Å². The van der Waals surface area contributed by atoms with Crippen LogP contribution in [-0.2, 0) is 19.6 Å². The molecular weight excluding hydrogens is 260 g/mol. The summed E-state index contributed by atoms with van der Waals surface area (Å²) < 4.78 is 30.2. The maximum absolute atomic E-state index is 11.7. The number of aromatic nitrogens is 3. The monoisotopic (exact) mass is 276 g/mol. The summed E-state index contributed by atoms with van der Waals surface area (Å²) in [6.45, 7) is 1.65. The summed E-state index contributed by atoms with van der Waals surface area (Å²) in [6.07, 6.45) is 1.59. The van der Waals surface area contributed by atoms with Crippen molar-refractivity contribution in [3.63, 3.8) is 0 Å². The molecule has 1 heterocycles. The van der Waals surface area contributed by atoms with E-state index in [2.05, 4.69) is 24.6 Å². The number of aromatic amines is 1. The van der Waals surface area contributed by atoms with Gasteiger partial charge in [-0.3, -0.25) is 9.89 Å². The number of methoxy groups -OCH3 is 1. The van der Waals surface area contributed by atoms with Crippen molar-refractivity contribution >= 4 is 16.0 Å². The van der Waals surface area contributed by atoms with Crippen LogP contribution in [0, 0.1) is 0 Å². The molecule has 8 nitrogen and oxygen atoms in total. The SMILES string of the molecule is COC(=O)CCCS(=O)(=O)NC(C)c1ncn[nH]1. The number of hydrogen-bond acceptors (Lipinski definition) is 6. The first-order valence-electron chi connectivity index (χ1n) is 5.36. The smallest absolute Gasteiger partial charge is 0.305 e. The lowest BCUT2D eigenvalue weighted by Gasteiger charge is -2.11. The van der Waals surface area contributed by atoms with Gasteiger partial charge in [0.2, 0.25) is 10.0 Å². The van der Waals surface area contributed by atoms with Crippen molar-refractivity contribution in [1.29, 1.82) is 0 Å². The zero-order valence-corrected chi connectivity index (χ0v) is 11.0. The first-order valence-corrected chi connectivity index (χ1v) is 7.02. The molecule has 0 aromatic carbocycles. The van der Waals surface area contributed by atoms with Crippen molar-refractivity contribution in [3.05, 3.63) is 12.2 Å². The third-order valence-corrected chi connectivity index (χ3v) is 3.76. The summed E-state index contributed by atoms with van der Waals surface area (Å²) in [6, 6.07) is -0.490. The zero-order chi connectivity index (χ0) is 13.6. The van der Waals surface area contributed by atoms with Gasteiger partial charge in [0, 0.05) is 6.42 Å². The number of esters is 1. The van der Waals surface area contributed by atoms with Crippen LogP contribution in [0.4, 0.5) is 0 Å². The van der Waals surface area contributed by atoms with E-state index in [-0.39, 0.29) is 18.6 Å². The molecule has 102 valence electrons. The van der Waals surface area contributed by atoms with Crippen molar-refractivity contribution in [1.82, 2.24) is 19.9 Å². The fourth-order valence-corrected chi connectivity index (χ4v) is 2.61. The number of ether oxygens (including phenoxy) is 1. The number of sulfonamides is 1. The highest BCUT2D eigenvalue weighted by Gasteiger charge is 2.17. The molecule has 0 aliphatic carbocycles. The average molecular weight is 276 g/mol. The van der Waals surface area contributed by atoms with E-state index >= 15 is 0 Å². The minimum atomic E-state index is -3.46. The van der Waals surface area contributed by atoms with Crippen LogP contribution in [0.2, 0.25) is 0 Å². The first kappa shape index (κ1) is 14.6. The number of carbonyl (C=O) groups excluding carboxylic acids is 1. The van der Waals surface area contributed by atoms with Crippen LogP contribution in [-0.4, -0.2) is 42.4 Å². The topological polar surface area (TPSA) is 114 Å². The van der Waals surface area contributed by atoms with Crippen LogP contribution in [0.15, 0.2) is 6.33 Å². The molecule has 0 radical (unpaired) electrons. The maximum Gasteiger partial charge on any atom is 0.305 e. The fraction of sp³-hybridized carbons (Fsp3) is 0.667. The summed E-state index contributed by atoms with van der Waals surface area (Å²) >= 11 is 0. The molecule has 0 saturated heterocycles. The molecule has 1 aromatic heterocycles. The van der Waals surface area contributed by atoms with E-state index in [0.717, 1.165) is 0 Å². The third kappa shape index (κ3) is 4.80. The van der Waals surface area contributed by atoms with Gasteiger partial charge in [-0.15, -0.1) is 0 Å². The highest BCUT2D eigenvalue weighted by Crippen LogP contribution is 2.07. The first-order chi connectivity index (χ1) is 8.44. The molecule has 0 bridgehead atoms. The Kier molecular flexibility index (Phi) is 5.23. The second-order valence-corrected chi connectivity index (χ2v) is 5.58. The molecular formula is C9H16N4O4S. The van der Waals surface area contributed by atoms with Crippen molar-refractivity contribution < 1.29 is 17.9 Å². The Labute approximate surface area is 105 Å². The summed E-state index contributed by atoms with van der Waals surface area (Å²) in [5, 5.41) is 6.22. The highest BCUT2D eigenvalue weighted by atomic mass is 32.2. The van der Waals surface area contributed by atoms with E-state index in [1.54, 1.807) is 6.92 Å². The molecule has 0 spiro atoms. The Morgan fingerprint density at radius 3 is 2.89 bits per heavy atom. The van der Waals surface area contributed by atoms with Gasteiger partial charge in [0.1, 0.15) is 12.2 Å². The minimum Gasteiger partial charge on any atom is -0.469 e. The molecule has 0 aliphatic rings. The summed E-state index contributed by atoms with van der Waals surface area (Å²) in [5.41, 5.74) is 0. The van der Waals surface area contributed by atoms with E-state index in [9.17, 15) is 13.2 Å². The molecule has 1 atom stereocenters. The Hall–Kier alpha value is -1.48. The number of carbonyl (C=O) groups is 1. The van der Waals surface area contributed by atoms with Crippen molar-refractivity contribution in [2.24, 2.45) is 0 Å². The van der Waals surface area contributed by atoms with Crippen molar-refractivity contribution in [2.45, 2.75) is 25.8 Å². The molecule has 1 rings (SSSR count). The van der Waals surface area contributed by atoms with Gasteiger partial charge in [-0.05, 0) is 13.3 Å². The van der Waals surface area contributed by atoms with Gasteiger partial charge in [-0.1, -0.05) is 0 Å². The number of H-pyrrole nitrogens is 1. The van der Waals surface area contributed by atoms with Crippen LogP contribution in [0.25, 0.3) is 0 Å². The predicted octanol–water partition coefficient (Wildman–Crippen LogP) is -0.262. The van der Waals surface area contributed by atoms with Gasteiger partial charge >= 0.3 is 5.97 Å². The van der Waals surface area contributed by atoms with Crippen LogP contribution in [0.5, 0.6) is 0 Å². The molecule has 1 aromatic rings. The van der Waals surface area contributed by atoms with E-state index in [4.69, 9.17) is 0 Å². The van der Waals surface area contributed by atoms with Gasteiger partial charge < -0.3 is 4.74 Å². The second kappa shape index (κ2) is 6.45. The Bertz CT molecular complexity index is 471. The lowest BCUT2D eigenvalue weighted by molar-refractivity contribution is -0.140. The van der Waals surface area contributed by atoms with Crippen LogP contribution >= 0.6 is 0 Å². The van der Waals surface area contributed by atoms with Crippen molar-refractivity contribution in [3.8, 4) is 0 Å². The lowest BCUT2D eigenvalue weighted by Crippen LogP contribution is -2.30. The zero-order valence-electron chi connectivity index (χ0n) is 10.2. The van der Waals surface area contributed by atoms with Crippen molar-refractivity contribution in [2.75, 3.05) is 12.9 Å². The maximum atomic E-state index is 11.7. The van der Waals surface area contributed by atoms with Crippen LogP contribution in [0.1, 0.15) is 31.6 Å². The lowest BCUT2D eigenvalue weighted by atomic mass is 10.3. The van der Waals surface area contributed by atoms with Gasteiger partial charge in [0.05, 0.1) is 18.9 Å². The molecule has 9 heteroatoms. The minimum absolute atomic E-state index is 0.0775. The molecule has 0 saturated carbocycles. The largest absolute Gasteiger partial charge is 0.469 e. The van der Waals surface area contributed by atoms with Gasteiger partial charge in [-0.25, -0.2) is 18.1 Å². The van der Waals surface area contributed by atoms with Crippen LogP contribution < -0.4 is 4.72 Å². The summed E-state index contributed by atoms with van der Waals surface area (Å²) in [5.74, 6) is -0.124. The summed E-state index contributed by atoms with van der Waals surface area (Å²) in [7, 11) is -2.19. The van der Waals surface area contributed by atoms with Gasteiger partial charge in [0.15, 0.2) is 0 Å². The quantitative estimate of drug-likeness (QED) is 0.663. The van der Waals surface area contributed by atoms with E-state index < -0.39 is 22.0 Å². The highest BCUT2D eigenvalue weighted by molar-refractivity contribution is 7.89. The molecule has 0 amide bonds. The van der Waals surface area contributed by atoms with E-state index in [0.29, 0.717) is 5.82 Å². The third-order valence-electron chi connectivity index (χ3n) is 2.22. The molecule has 18 heavy (non-hydrogen) atoms. The average Bonchev–Trinajstić information content (AvgIpc) is 2.81. The number of hydrogen-bond donors (Lipinski definition) is 2. The molecule has 0 aliphatic heterocycles. The Balaban J connectivity index is 2.42. The van der Waals surface area contributed by atoms with Gasteiger partial charge in [-0.2, -0.15) is 5.10 Å². The second-order valence-electron chi connectivity index (χ2n) is 3.71. The summed E-state index contributed by atoms with van der Waals surface area (Å²) in [4.78, 5) is 14.7.